The molecule has 1 saturated heterocycles. The van der Waals surface area contributed by atoms with Crippen LogP contribution in [-0.4, -0.2) is 36.4 Å². The van der Waals surface area contributed by atoms with E-state index in [2.05, 4.69) is 5.32 Å². The van der Waals surface area contributed by atoms with Gasteiger partial charge in [0, 0.05) is 22.7 Å². The van der Waals surface area contributed by atoms with Crippen LogP contribution in [0, 0.1) is 0 Å². The Morgan fingerprint density at radius 3 is 2.68 bits per heavy atom. The van der Waals surface area contributed by atoms with Gasteiger partial charge in [-0.05, 0) is 66.8 Å². The van der Waals surface area contributed by atoms with Gasteiger partial charge in [0.05, 0.1) is 7.11 Å². The summed E-state index contributed by atoms with van der Waals surface area (Å²) >= 11 is 1.63. The van der Waals surface area contributed by atoms with Crippen molar-refractivity contribution >= 4 is 28.8 Å². The Morgan fingerprint density at radius 2 is 1.94 bits per heavy atom. The van der Waals surface area contributed by atoms with Gasteiger partial charge in [-0.3, -0.25) is 9.59 Å². The van der Waals surface area contributed by atoms with Crippen LogP contribution in [0.1, 0.15) is 28.1 Å². The molecule has 0 aliphatic carbocycles. The van der Waals surface area contributed by atoms with E-state index in [1.807, 2.05) is 23.6 Å². The van der Waals surface area contributed by atoms with Gasteiger partial charge in [0.1, 0.15) is 24.1 Å². The minimum absolute atomic E-state index is 0.158. The number of carbonyl (C=O) groups excluding carboxylic acids is 2. The highest BCUT2D eigenvalue weighted by atomic mass is 32.1. The van der Waals surface area contributed by atoms with Crippen LogP contribution in [-0.2, 0) is 11.4 Å². The lowest BCUT2D eigenvalue weighted by Gasteiger charge is -2.24. The Balaban J connectivity index is 1.42. The molecule has 1 unspecified atom stereocenters. The van der Waals surface area contributed by atoms with E-state index in [-0.39, 0.29) is 11.8 Å². The third kappa shape index (κ3) is 5.06. The summed E-state index contributed by atoms with van der Waals surface area (Å²) in [5.41, 5.74) is 1.20. The maximum atomic E-state index is 13.2. The van der Waals surface area contributed by atoms with Crippen molar-refractivity contribution in [2.24, 2.45) is 0 Å². The molecule has 31 heavy (non-hydrogen) atoms. The molecule has 160 valence electrons. The van der Waals surface area contributed by atoms with E-state index in [4.69, 9.17) is 9.47 Å². The first-order valence-corrected chi connectivity index (χ1v) is 11.0. The molecule has 1 fully saturated rings. The molecule has 3 aromatic rings. The molecule has 1 N–H and O–H groups in total. The molecule has 1 aliphatic heterocycles. The molecule has 1 aromatic heterocycles. The molecule has 0 spiro atoms. The number of hydrogen-bond acceptors (Lipinski definition) is 5. The van der Waals surface area contributed by atoms with Crippen molar-refractivity contribution in [1.29, 1.82) is 0 Å². The summed E-state index contributed by atoms with van der Waals surface area (Å²) in [5.74, 6) is 1.02. The van der Waals surface area contributed by atoms with Gasteiger partial charge in [-0.1, -0.05) is 12.1 Å². The zero-order valence-corrected chi connectivity index (χ0v) is 18.1. The molecule has 2 aromatic carbocycles. The largest absolute Gasteiger partial charge is 0.497 e. The van der Waals surface area contributed by atoms with Crippen molar-refractivity contribution in [3.05, 3.63) is 76.5 Å². The van der Waals surface area contributed by atoms with Gasteiger partial charge in [-0.15, -0.1) is 11.3 Å². The standard InChI is InChI=1S/C24H24N2O4S/c1-29-19-11-9-18(10-12-19)25-23(27)22-8-3-13-26(22)24(28)17-5-2-6-20(15-17)30-16-21-7-4-14-31-21/h2,4-7,9-12,14-15,22H,3,8,13,16H2,1H3,(H,25,27). The van der Waals surface area contributed by atoms with Crippen molar-refractivity contribution in [1.82, 2.24) is 4.90 Å². The molecule has 0 radical (unpaired) electrons. The van der Waals surface area contributed by atoms with Gasteiger partial charge in [0.15, 0.2) is 0 Å². The van der Waals surface area contributed by atoms with Gasteiger partial charge in [0.2, 0.25) is 5.91 Å². The number of ether oxygens (including phenoxy) is 2. The molecule has 7 heteroatoms. The normalized spacial score (nSPS) is 15.5. The average molecular weight is 437 g/mol. The van der Waals surface area contributed by atoms with Crippen LogP contribution in [0.4, 0.5) is 5.69 Å². The van der Waals surface area contributed by atoms with Crippen LogP contribution in [0.25, 0.3) is 0 Å². The monoisotopic (exact) mass is 436 g/mol. The number of nitrogens with one attached hydrogen (secondary N) is 1. The lowest BCUT2D eigenvalue weighted by molar-refractivity contribution is -0.119. The predicted molar refractivity (Wildman–Crippen MR) is 121 cm³/mol. The highest BCUT2D eigenvalue weighted by Gasteiger charge is 2.34. The molecule has 1 atom stereocenters. The summed E-state index contributed by atoms with van der Waals surface area (Å²) in [5, 5.41) is 4.91. The van der Waals surface area contributed by atoms with E-state index in [9.17, 15) is 9.59 Å². The van der Waals surface area contributed by atoms with E-state index in [0.29, 0.717) is 36.6 Å². The molecule has 4 rings (SSSR count). The second-order valence-corrected chi connectivity index (χ2v) is 8.30. The van der Waals surface area contributed by atoms with Crippen LogP contribution >= 0.6 is 11.3 Å². The first-order chi connectivity index (χ1) is 15.1. The molecule has 2 heterocycles. The zero-order chi connectivity index (χ0) is 21.6. The number of benzene rings is 2. The van der Waals surface area contributed by atoms with Gasteiger partial charge in [-0.25, -0.2) is 0 Å². The lowest BCUT2D eigenvalue weighted by Crippen LogP contribution is -2.43. The van der Waals surface area contributed by atoms with E-state index < -0.39 is 6.04 Å². The van der Waals surface area contributed by atoms with Crippen LogP contribution in [0.3, 0.4) is 0 Å². The number of amides is 2. The first-order valence-electron chi connectivity index (χ1n) is 10.1. The molecule has 0 saturated carbocycles. The Labute approximate surface area is 185 Å². The van der Waals surface area contributed by atoms with Gasteiger partial charge in [0.25, 0.3) is 5.91 Å². The Kier molecular flexibility index (Phi) is 6.52. The maximum Gasteiger partial charge on any atom is 0.254 e. The number of thiophene rings is 1. The Hall–Kier alpha value is -3.32. The minimum Gasteiger partial charge on any atom is -0.497 e. The summed E-state index contributed by atoms with van der Waals surface area (Å²) in [6.45, 7) is 1.02. The zero-order valence-electron chi connectivity index (χ0n) is 17.2. The van der Waals surface area contributed by atoms with Crippen LogP contribution in [0.15, 0.2) is 66.0 Å². The highest BCUT2D eigenvalue weighted by molar-refractivity contribution is 7.09. The van der Waals surface area contributed by atoms with Gasteiger partial charge < -0.3 is 19.7 Å². The molecular formula is C24H24N2O4S. The first kappa shape index (κ1) is 20.9. The highest BCUT2D eigenvalue weighted by Crippen LogP contribution is 2.24. The van der Waals surface area contributed by atoms with Crippen molar-refractivity contribution in [2.45, 2.75) is 25.5 Å². The Morgan fingerprint density at radius 1 is 1.10 bits per heavy atom. The maximum absolute atomic E-state index is 13.2. The summed E-state index contributed by atoms with van der Waals surface area (Å²) in [7, 11) is 1.60. The van der Waals surface area contributed by atoms with E-state index >= 15 is 0 Å². The lowest BCUT2D eigenvalue weighted by atomic mass is 10.1. The number of carbonyl (C=O) groups is 2. The number of methoxy groups -OCH3 is 1. The van der Waals surface area contributed by atoms with Crippen molar-refractivity contribution in [3.8, 4) is 11.5 Å². The molecular weight excluding hydrogens is 412 g/mol. The fourth-order valence-electron chi connectivity index (χ4n) is 3.62. The van der Waals surface area contributed by atoms with Crippen LogP contribution in [0.5, 0.6) is 11.5 Å². The number of likely N-dealkylation sites (tertiary alicyclic amines) is 1. The summed E-state index contributed by atoms with van der Waals surface area (Å²) in [6.07, 6.45) is 1.43. The van der Waals surface area contributed by atoms with Crippen molar-refractivity contribution in [2.75, 3.05) is 19.0 Å². The van der Waals surface area contributed by atoms with Gasteiger partial charge >= 0.3 is 0 Å². The summed E-state index contributed by atoms with van der Waals surface area (Å²) < 4.78 is 11.0. The predicted octanol–water partition coefficient (Wildman–Crippen LogP) is 4.58. The average Bonchev–Trinajstić information content (AvgIpc) is 3.50. The van der Waals surface area contributed by atoms with E-state index in [1.54, 1.807) is 65.8 Å². The van der Waals surface area contributed by atoms with Crippen LogP contribution < -0.4 is 14.8 Å². The topological polar surface area (TPSA) is 67.9 Å². The summed E-state index contributed by atoms with van der Waals surface area (Å²) in [4.78, 5) is 28.8. The SMILES string of the molecule is COc1ccc(NC(=O)C2CCCN2C(=O)c2cccc(OCc3cccs3)c2)cc1. The molecule has 6 nitrogen and oxygen atoms in total. The summed E-state index contributed by atoms with van der Waals surface area (Å²) in [6, 6.07) is 17.8. The van der Waals surface area contributed by atoms with Crippen LogP contribution in [0.2, 0.25) is 0 Å². The second kappa shape index (κ2) is 9.66. The van der Waals surface area contributed by atoms with E-state index in [0.717, 1.165) is 17.0 Å². The number of nitrogens with zero attached hydrogens (tertiary/aromatic N) is 1. The number of rotatable bonds is 7. The number of anilines is 1. The fraction of sp³-hybridized carbons (Fsp3) is 0.250. The smallest absolute Gasteiger partial charge is 0.254 e. The van der Waals surface area contributed by atoms with E-state index in [1.165, 1.54) is 0 Å². The quantitative estimate of drug-likeness (QED) is 0.589. The Bertz CT molecular complexity index is 1030. The molecule has 2 amide bonds. The van der Waals surface area contributed by atoms with Gasteiger partial charge in [-0.2, -0.15) is 0 Å². The van der Waals surface area contributed by atoms with Crippen molar-refractivity contribution < 1.29 is 19.1 Å². The third-order valence-electron chi connectivity index (χ3n) is 5.22. The minimum atomic E-state index is -0.495. The number of hydrogen-bond donors (Lipinski definition) is 1. The fourth-order valence-corrected chi connectivity index (χ4v) is 4.23. The molecule has 1 aliphatic rings. The molecule has 0 bridgehead atoms. The van der Waals surface area contributed by atoms with Crippen molar-refractivity contribution in [3.63, 3.8) is 0 Å². The third-order valence-corrected chi connectivity index (χ3v) is 6.07. The second-order valence-electron chi connectivity index (χ2n) is 7.27.